The molecular formula is C48H25BN2O2. The summed E-state index contributed by atoms with van der Waals surface area (Å²) in [7, 11) is 0. The number of nitrogens with zero attached hydrogens (tertiary/aromatic N) is 2. The Morgan fingerprint density at radius 2 is 0.792 bits per heavy atom. The van der Waals surface area contributed by atoms with Crippen molar-refractivity contribution in [2.45, 2.75) is 0 Å². The van der Waals surface area contributed by atoms with E-state index in [0.29, 0.717) is 0 Å². The molecule has 0 atom stereocenters. The summed E-state index contributed by atoms with van der Waals surface area (Å²) < 4.78 is 19.4. The molecule has 0 fully saturated rings. The van der Waals surface area contributed by atoms with Crippen LogP contribution in [0.4, 0.5) is 0 Å². The largest absolute Gasteiger partial charge is 0.456 e. The van der Waals surface area contributed by atoms with Crippen LogP contribution in [-0.4, -0.2) is 15.5 Å². The van der Waals surface area contributed by atoms with Crippen molar-refractivity contribution in [2.24, 2.45) is 0 Å². The van der Waals surface area contributed by atoms with Gasteiger partial charge in [0.1, 0.15) is 23.0 Å². The van der Waals surface area contributed by atoms with Crippen molar-refractivity contribution in [3.05, 3.63) is 152 Å². The van der Waals surface area contributed by atoms with Gasteiger partial charge in [-0.05, 0) is 46.3 Å². The van der Waals surface area contributed by atoms with E-state index in [1.165, 1.54) is 65.2 Å². The fourth-order valence-corrected chi connectivity index (χ4v) is 10.2. The second-order valence-electron chi connectivity index (χ2n) is 14.8. The van der Waals surface area contributed by atoms with Gasteiger partial charge in [0.05, 0.1) is 33.1 Å². The third-order valence-electron chi connectivity index (χ3n) is 12.3. The lowest BCUT2D eigenvalue weighted by atomic mass is 9.34. The third kappa shape index (κ3) is 3.06. The van der Waals surface area contributed by atoms with Crippen molar-refractivity contribution in [3.8, 4) is 34.1 Å². The van der Waals surface area contributed by atoms with Crippen molar-refractivity contribution >= 4 is 99.3 Å². The lowest BCUT2D eigenvalue weighted by molar-refractivity contribution is 0.469. The van der Waals surface area contributed by atoms with Crippen molar-refractivity contribution in [1.29, 1.82) is 0 Å². The van der Waals surface area contributed by atoms with Gasteiger partial charge >= 0.3 is 0 Å². The monoisotopic (exact) mass is 672 g/mol. The molecule has 6 heterocycles. The molecule has 12 aromatic rings. The predicted octanol–water partition coefficient (Wildman–Crippen LogP) is 10.4. The van der Waals surface area contributed by atoms with Crippen molar-refractivity contribution in [1.82, 2.24) is 8.80 Å². The molecule has 0 saturated carbocycles. The van der Waals surface area contributed by atoms with Crippen molar-refractivity contribution < 1.29 is 9.47 Å². The zero-order chi connectivity index (χ0) is 34.1. The summed E-state index contributed by atoms with van der Waals surface area (Å²) in [6.07, 6.45) is 0. The Balaban J connectivity index is 1.15. The van der Waals surface area contributed by atoms with E-state index in [0.717, 1.165) is 61.5 Å². The van der Waals surface area contributed by atoms with E-state index in [-0.39, 0.29) is 6.71 Å². The molecule has 0 bridgehead atoms. The molecule has 0 amide bonds. The molecular weight excluding hydrogens is 647 g/mol. The summed E-state index contributed by atoms with van der Waals surface area (Å²) in [5.74, 6) is 3.53. The van der Waals surface area contributed by atoms with Crippen LogP contribution >= 0.6 is 0 Å². The Kier molecular flexibility index (Phi) is 4.59. The fraction of sp³-hybridized carbons (Fsp3) is 0. The number of benzene rings is 8. The normalized spacial score (nSPS) is 13.5. The van der Waals surface area contributed by atoms with Gasteiger partial charge in [0.2, 0.25) is 0 Å². The summed E-state index contributed by atoms with van der Waals surface area (Å²) in [6, 6.07) is 55.2. The quantitative estimate of drug-likeness (QED) is 0.162. The average molecular weight is 673 g/mol. The average Bonchev–Trinajstić information content (AvgIpc) is 3.95. The van der Waals surface area contributed by atoms with Crippen LogP contribution in [0.15, 0.2) is 152 Å². The molecule has 53 heavy (non-hydrogen) atoms. The highest BCUT2D eigenvalue weighted by molar-refractivity contribution is 6.98. The predicted molar refractivity (Wildman–Crippen MR) is 219 cm³/mol. The Morgan fingerprint density at radius 3 is 1.32 bits per heavy atom. The fourth-order valence-electron chi connectivity index (χ4n) is 10.2. The first-order valence-electron chi connectivity index (χ1n) is 18.3. The smallest absolute Gasteiger partial charge is 0.260 e. The molecule has 4 nitrogen and oxygen atoms in total. The number of ether oxygens (including phenoxy) is 2. The molecule has 8 aromatic carbocycles. The van der Waals surface area contributed by atoms with Gasteiger partial charge in [-0.3, -0.25) is 0 Å². The van der Waals surface area contributed by atoms with Gasteiger partial charge in [-0.15, -0.1) is 0 Å². The van der Waals surface area contributed by atoms with E-state index >= 15 is 0 Å². The number of para-hydroxylation sites is 4. The summed E-state index contributed by atoms with van der Waals surface area (Å²) in [5.41, 5.74) is 12.7. The van der Waals surface area contributed by atoms with Gasteiger partial charge in [-0.2, -0.15) is 0 Å². The Bertz CT molecular complexity index is 3360. The first-order chi connectivity index (χ1) is 26.3. The lowest BCUT2D eigenvalue weighted by Crippen LogP contribution is -2.57. The minimum Gasteiger partial charge on any atom is -0.456 e. The molecule has 0 unspecified atom stereocenters. The molecule has 0 N–H and O–H groups in total. The summed E-state index contributed by atoms with van der Waals surface area (Å²) in [4.78, 5) is 0. The van der Waals surface area contributed by atoms with E-state index in [2.05, 4.69) is 160 Å². The SMILES string of the molecule is c1ccc(-c2cc3c4c(c2)Oc2c(ccc5c6cccc7c8ccccc8n(c25)c76)B4c2ccc4c5cccc6c7ccccc7n(c4c2O3)c65)cc1. The van der Waals surface area contributed by atoms with E-state index in [1.807, 2.05) is 0 Å². The molecule has 0 radical (unpaired) electrons. The van der Waals surface area contributed by atoms with Gasteiger partial charge in [0.25, 0.3) is 6.71 Å². The van der Waals surface area contributed by atoms with Gasteiger partial charge < -0.3 is 18.3 Å². The van der Waals surface area contributed by atoms with Gasteiger partial charge in [0, 0.05) is 48.6 Å². The second-order valence-corrected chi connectivity index (χ2v) is 14.8. The van der Waals surface area contributed by atoms with Crippen LogP contribution < -0.4 is 25.9 Å². The first kappa shape index (κ1) is 26.8. The van der Waals surface area contributed by atoms with Crippen LogP contribution in [0, 0.1) is 0 Å². The molecule has 0 spiro atoms. The third-order valence-corrected chi connectivity index (χ3v) is 12.3. The molecule has 0 aliphatic carbocycles. The Morgan fingerprint density at radius 1 is 0.358 bits per heavy atom. The minimum absolute atomic E-state index is 0.0880. The zero-order valence-electron chi connectivity index (χ0n) is 28.2. The number of rotatable bonds is 1. The highest BCUT2D eigenvalue weighted by atomic mass is 16.5. The topological polar surface area (TPSA) is 27.3 Å². The maximum Gasteiger partial charge on any atom is 0.260 e. The summed E-state index contributed by atoms with van der Waals surface area (Å²) in [5, 5.41) is 9.96. The van der Waals surface area contributed by atoms with Crippen LogP contribution in [0.25, 0.3) is 87.3 Å². The number of hydrogen-bond acceptors (Lipinski definition) is 2. The summed E-state index contributed by atoms with van der Waals surface area (Å²) in [6.45, 7) is -0.0880. The first-order valence-corrected chi connectivity index (χ1v) is 18.3. The van der Waals surface area contributed by atoms with Gasteiger partial charge in [0.15, 0.2) is 0 Å². The highest BCUT2D eigenvalue weighted by Crippen LogP contribution is 2.48. The van der Waals surface area contributed by atoms with Crippen LogP contribution in [0.2, 0.25) is 0 Å². The maximum absolute atomic E-state index is 7.25. The standard InChI is InChI=1S/C48H25BN2O2/c1-2-10-26(11-3-1)27-24-40-42-41(25-27)53-48-37(23-21-35-33-17-9-15-31-29-13-5-7-19-39(29)51(44(31)33)46(35)48)49(42)36-22-20-34-32-16-8-14-30-28-12-4-6-18-38(28)50(43(30)32)45(34)47(36)52-40/h1-25H. The molecule has 5 heteroatoms. The van der Waals surface area contributed by atoms with Gasteiger partial charge in [-0.25, -0.2) is 0 Å². The van der Waals surface area contributed by atoms with E-state index in [4.69, 9.17) is 9.47 Å². The van der Waals surface area contributed by atoms with Gasteiger partial charge in [-0.1, -0.05) is 127 Å². The Hall–Kier alpha value is -6.98. The zero-order valence-corrected chi connectivity index (χ0v) is 28.2. The van der Waals surface area contributed by atoms with Crippen molar-refractivity contribution in [2.75, 3.05) is 0 Å². The maximum atomic E-state index is 7.25. The molecule has 2 aliphatic heterocycles. The number of hydrogen-bond donors (Lipinski definition) is 0. The number of aromatic nitrogens is 2. The van der Waals surface area contributed by atoms with Crippen LogP contribution in [0.1, 0.15) is 0 Å². The summed E-state index contributed by atoms with van der Waals surface area (Å²) >= 11 is 0. The van der Waals surface area contributed by atoms with Crippen LogP contribution in [0.5, 0.6) is 23.0 Å². The van der Waals surface area contributed by atoms with E-state index in [1.54, 1.807) is 0 Å². The molecule has 4 aromatic heterocycles. The molecule has 242 valence electrons. The highest BCUT2D eigenvalue weighted by Gasteiger charge is 2.43. The van der Waals surface area contributed by atoms with E-state index in [9.17, 15) is 0 Å². The van der Waals surface area contributed by atoms with E-state index < -0.39 is 0 Å². The van der Waals surface area contributed by atoms with Crippen LogP contribution in [0.3, 0.4) is 0 Å². The minimum atomic E-state index is -0.0880. The molecule has 2 aliphatic rings. The van der Waals surface area contributed by atoms with Crippen molar-refractivity contribution in [3.63, 3.8) is 0 Å². The second kappa shape index (κ2) is 9.08. The Labute approximate surface area is 302 Å². The molecule has 14 rings (SSSR count). The number of fused-ring (bicyclic) bond motifs is 18. The van der Waals surface area contributed by atoms with Crippen LogP contribution in [-0.2, 0) is 0 Å². The molecule has 0 saturated heterocycles. The lowest BCUT2D eigenvalue weighted by Gasteiger charge is -2.34.